The summed E-state index contributed by atoms with van der Waals surface area (Å²) >= 11 is 0. The van der Waals surface area contributed by atoms with Gasteiger partial charge in [-0.25, -0.2) is 0 Å². The van der Waals surface area contributed by atoms with E-state index >= 15 is 0 Å². The summed E-state index contributed by atoms with van der Waals surface area (Å²) in [5.74, 6) is 1.07. The lowest BCUT2D eigenvalue weighted by Crippen LogP contribution is -1.86. The van der Waals surface area contributed by atoms with Gasteiger partial charge in [0.15, 0.2) is 0 Å². The van der Waals surface area contributed by atoms with E-state index in [-0.39, 0.29) is 0 Å². The minimum atomic E-state index is 0.952. The largest absolute Gasteiger partial charge is 0.501 e. The van der Waals surface area contributed by atoms with E-state index in [1.807, 2.05) is 0 Å². The SMILES string of the molecule is COC1=Cc2ccc(C)cc2C1. The zero-order valence-electron chi connectivity index (χ0n) is 7.42. The number of methoxy groups -OCH3 is 1. The van der Waals surface area contributed by atoms with Crippen LogP contribution in [0.4, 0.5) is 0 Å². The van der Waals surface area contributed by atoms with Gasteiger partial charge in [-0.05, 0) is 24.1 Å². The Hall–Kier alpha value is -1.24. The smallest absolute Gasteiger partial charge is 0.100 e. The number of rotatable bonds is 1. The highest BCUT2D eigenvalue weighted by Crippen LogP contribution is 2.25. The molecule has 0 atom stereocenters. The van der Waals surface area contributed by atoms with E-state index in [4.69, 9.17) is 4.74 Å². The van der Waals surface area contributed by atoms with Gasteiger partial charge in [0.25, 0.3) is 0 Å². The number of allylic oxidation sites excluding steroid dienone is 1. The van der Waals surface area contributed by atoms with Crippen LogP contribution in [0, 0.1) is 6.92 Å². The van der Waals surface area contributed by atoms with Crippen molar-refractivity contribution in [1.82, 2.24) is 0 Å². The summed E-state index contributed by atoms with van der Waals surface area (Å²) < 4.78 is 5.19. The third-order valence-electron chi connectivity index (χ3n) is 2.24. The molecule has 0 spiro atoms. The summed E-state index contributed by atoms with van der Waals surface area (Å²) in [4.78, 5) is 0. The molecule has 1 aliphatic rings. The highest BCUT2D eigenvalue weighted by atomic mass is 16.5. The molecule has 12 heavy (non-hydrogen) atoms. The molecule has 0 N–H and O–H groups in total. The third kappa shape index (κ3) is 1.11. The Morgan fingerprint density at radius 3 is 2.92 bits per heavy atom. The van der Waals surface area contributed by atoms with Crippen molar-refractivity contribution in [3.05, 3.63) is 40.6 Å². The second-order valence-electron chi connectivity index (χ2n) is 3.19. The van der Waals surface area contributed by atoms with Gasteiger partial charge in [0, 0.05) is 6.42 Å². The average molecular weight is 160 g/mol. The molecule has 1 heteroatoms. The molecule has 1 aromatic rings. The average Bonchev–Trinajstić information content (AvgIpc) is 2.46. The lowest BCUT2D eigenvalue weighted by atomic mass is 10.1. The summed E-state index contributed by atoms with van der Waals surface area (Å²) in [5.41, 5.74) is 4.00. The molecule has 0 radical (unpaired) electrons. The van der Waals surface area contributed by atoms with Crippen LogP contribution in [0.5, 0.6) is 0 Å². The van der Waals surface area contributed by atoms with E-state index in [1.165, 1.54) is 16.7 Å². The van der Waals surface area contributed by atoms with Crippen molar-refractivity contribution in [3.8, 4) is 0 Å². The van der Waals surface area contributed by atoms with E-state index < -0.39 is 0 Å². The van der Waals surface area contributed by atoms with Gasteiger partial charge in [0.05, 0.1) is 7.11 Å². The van der Waals surface area contributed by atoms with Crippen LogP contribution in [-0.2, 0) is 11.2 Å². The minimum Gasteiger partial charge on any atom is -0.501 e. The Morgan fingerprint density at radius 1 is 1.33 bits per heavy atom. The van der Waals surface area contributed by atoms with E-state index in [0.717, 1.165) is 12.2 Å². The topological polar surface area (TPSA) is 9.23 Å². The van der Waals surface area contributed by atoms with E-state index in [2.05, 4.69) is 31.2 Å². The predicted molar refractivity (Wildman–Crippen MR) is 49.9 cm³/mol. The number of benzene rings is 1. The summed E-state index contributed by atoms with van der Waals surface area (Å²) in [6.07, 6.45) is 3.06. The first-order valence-corrected chi connectivity index (χ1v) is 4.13. The van der Waals surface area contributed by atoms with Gasteiger partial charge < -0.3 is 4.74 Å². The number of hydrogen-bond acceptors (Lipinski definition) is 1. The van der Waals surface area contributed by atoms with Crippen LogP contribution in [-0.4, -0.2) is 7.11 Å². The van der Waals surface area contributed by atoms with Gasteiger partial charge in [-0.15, -0.1) is 0 Å². The maximum Gasteiger partial charge on any atom is 0.100 e. The molecule has 62 valence electrons. The number of ether oxygens (including phenoxy) is 1. The molecule has 2 rings (SSSR count). The Labute approximate surface area is 72.7 Å². The van der Waals surface area contributed by atoms with Crippen molar-refractivity contribution in [2.45, 2.75) is 13.3 Å². The van der Waals surface area contributed by atoms with Crippen LogP contribution >= 0.6 is 0 Å². The van der Waals surface area contributed by atoms with Gasteiger partial charge in [0.2, 0.25) is 0 Å². The molecular formula is C11H12O. The molecule has 0 amide bonds. The van der Waals surface area contributed by atoms with Crippen LogP contribution < -0.4 is 0 Å². The molecule has 1 aliphatic carbocycles. The van der Waals surface area contributed by atoms with E-state index in [9.17, 15) is 0 Å². The van der Waals surface area contributed by atoms with Crippen molar-refractivity contribution in [1.29, 1.82) is 0 Å². The molecule has 0 aromatic heterocycles. The van der Waals surface area contributed by atoms with E-state index in [1.54, 1.807) is 7.11 Å². The highest BCUT2D eigenvalue weighted by molar-refractivity contribution is 5.62. The van der Waals surface area contributed by atoms with Gasteiger partial charge in [-0.2, -0.15) is 0 Å². The van der Waals surface area contributed by atoms with Crippen molar-refractivity contribution < 1.29 is 4.74 Å². The molecule has 1 nitrogen and oxygen atoms in total. The van der Waals surface area contributed by atoms with Crippen molar-refractivity contribution >= 4 is 6.08 Å². The molecule has 0 heterocycles. The fraction of sp³-hybridized carbons (Fsp3) is 0.273. The maximum absolute atomic E-state index is 5.19. The molecule has 0 fully saturated rings. The molecule has 0 bridgehead atoms. The van der Waals surface area contributed by atoms with Crippen molar-refractivity contribution in [2.24, 2.45) is 0 Å². The van der Waals surface area contributed by atoms with Gasteiger partial charge in [0.1, 0.15) is 5.76 Å². The first-order valence-electron chi connectivity index (χ1n) is 4.13. The van der Waals surface area contributed by atoms with Gasteiger partial charge in [-0.3, -0.25) is 0 Å². The first-order chi connectivity index (χ1) is 5.79. The molecular weight excluding hydrogens is 148 g/mol. The lowest BCUT2D eigenvalue weighted by molar-refractivity contribution is 0.289. The minimum absolute atomic E-state index is 0.952. The zero-order valence-corrected chi connectivity index (χ0v) is 7.42. The number of aryl methyl sites for hydroxylation is 1. The molecule has 0 saturated heterocycles. The molecule has 1 aromatic carbocycles. The normalized spacial score (nSPS) is 14.0. The number of fused-ring (bicyclic) bond motifs is 1. The maximum atomic E-state index is 5.19. The van der Waals surface area contributed by atoms with Gasteiger partial charge >= 0.3 is 0 Å². The van der Waals surface area contributed by atoms with Crippen LogP contribution in [0.15, 0.2) is 24.0 Å². The number of hydrogen-bond donors (Lipinski definition) is 0. The highest BCUT2D eigenvalue weighted by Gasteiger charge is 2.11. The van der Waals surface area contributed by atoms with Crippen LogP contribution in [0.1, 0.15) is 16.7 Å². The Balaban J connectivity index is 2.40. The fourth-order valence-electron chi connectivity index (χ4n) is 1.57. The van der Waals surface area contributed by atoms with Crippen LogP contribution in [0.25, 0.3) is 6.08 Å². The van der Waals surface area contributed by atoms with Gasteiger partial charge in [-0.1, -0.05) is 23.8 Å². The second kappa shape index (κ2) is 2.67. The monoisotopic (exact) mass is 160 g/mol. The summed E-state index contributed by atoms with van der Waals surface area (Å²) in [6.45, 7) is 2.12. The summed E-state index contributed by atoms with van der Waals surface area (Å²) in [7, 11) is 1.73. The Morgan fingerprint density at radius 2 is 2.17 bits per heavy atom. The third-order valence-corrected chi connectivity index (χ3v) is 2.24. The molecule has 0 aliphatic heterocycles. The molecule has 0 saturated carbocycles. The summed E-state index contributed by atoms with van der Waals surface area (Å²) in [5, 5.41) is 0. The standard InChI is InChI=1S/C11H12O/c1-8-3-4-9-6-11(12-2)7-10(9)5-8/h3-6H,7H2,1-2H3. The van der Waals surface area contributed by atoms with Crippen LogP contribution in [0.2, 0.25) is 0 Å². The Kier molecular flexibility index (Phi) is 1.65. The summed E-state index contributed by atoms with van der Waals surface area (Å²) in [6, 6.07) is 6.50. The molecule has 0 unspecified atom stereocenters. The van der Waals surface area contributed by atoms with E-state index in [0.29, 0.717) is 0 Å². The zero-order chi connectivity index (χ0) is 8.55. The van der Waals surface area contributed by atoms with Crippen molar-refractivity contribution in [2.75, 3.05) is 7.11 Å². The Bertz CT molecular complexity index is 337. The second-order valence-corrected chi connectivity index (χ2v) is 3.19. The quantitative estimate of drug-likeness (QED) is 0.613. The lowest BCUT2D eigenvalue weighted by Gasteiger charge is -1.99. The van der Waals surface area contributed by atoms with Crippen LogP contribution in [0.3, 0.4) is 0 Å². The fourth-order valence-corrected chi connectivity index (χ4v) is 1.57. The predicted octanol–water partition coefficient (Wildman–Crippen LogP) is 2.54. The van der Waals surface area contributed by atoms with Crippen molar-refractivity contribution in [3.63, 3.8) is 0 Å². The first kappa shape index (κ1) is 7.41.